The molecule has 0 unspecified atom stereocenters. The van der Waals surface area contributed by atoms with Crippen molar-refractivity contribution in [1.82, 2.24) is 10.3 Å². The highest BCUT2D eigenvalue weighted by Crippen LogP contribution is 2.32. The van der Waals surface area contributed by atoms with E-state index in [9.17, 15) is 13.2 Å². The monoisotopic (exact) mass is 364 g/mol. The lowest BCUT2D eigenvalue weighted by atomic mass is 10.2. The number of ether oxygens (including phenoxy) is 3. The molecule has 1 heterocycles. The van der Waals surface area contributed by atoms with Gasteiger partial charge in [-0.2, -0.15) is 0 Å². The first-order valence-electron chi connectivity index (χ1n) is 7.44. The molecule has 0 atom stereocenters. The number of hydrazine groups is 1. The molecule has 132 valence electrons. The van der Waals surface area contributed by atoms with Crippen molar-refractivity contribution in [3.05, 3.63) is 48.0 Å². The maximum absolute atomic E-state index is 12.2. The van der Waals surface area contributed by atoms with Gasteiger partial charge in [-0.15, -0.1) is 4.83 Å². The Bertz CT molecular complexity index is 880. The molecule has 1 aliphatic rings. The van der Waals surface area contributed by atoms with Gasteiger partial charge in [0.1, 0.15) is 5.75 Å². The van der Waals surface area contributed by atoms with Crippen molar-refractivity contribution < 1.29 is 27.4 Å². The summed E-state index contributed by atoms with van der Waals surface area (Å²) in [7, 11) is -3.90. The Labute approximate surface area is 144 Å². The van der Waals surface area contributed by atoms with E-state index in [1.807, 2.05) is 6.92 Å². The third-order valence-corrected chi connectivity index (χ3v) is 4.64. The molecule has 0 saturated heterocycles. The lowest BCUT2D eigenvalue weighted by Gasteiger charge is -2.09. The van der Waals surface area contributed by atoms with Crippen LogP contribution < -0.4 is 24.5 Å². The molecule has 1 aliphatic heterocycles. The van der Waals surface area contributed by atoms with Crippen LogP contribution in [-0.2, 0) is 10.0 Å². The Kier molecular flexibility index (Phi) is 4.77. The summed E-state index contributed by atoms with van der Waals surface area (Å²) in [5.41, 5.74) is 2.40. The zero-order valence-electron chi connectivity index (χ0n) is 13.3. The number of sulfonamides is 1. The van der Waals surface area contributed by atoms with E-state index in [1.54, 1.807) is 6.07 Å². The van der Waals surface area contributed by atoms with Gasteiger partial charge in [0.15, 0.2) is 11.5 Å². The predicted octanol–water partition coefficient (Wildman–Crippen LogP) is 1.44. The molecule has 2 N–H and O–H groups in total. The highest BCUT2D eigenvalue weighted by atomic mass is 32.2. The number of hydrogen-bond acceptors (Lipinski definition) is 6. The third-order valence-electron chi connectivity index (χ3n) is 3.38. The third kappa shape index (κ3) is 3.83. The van der Waals surface area contributed by atoms with E-state index in [2.05, 4.69) is 10.3 Å². The number of benzene rings is 2. The number of carbonyl (C=O) groups excluding carboxylic acids is 1. The second-order valence-corrected chi connectivity index (χ2v) is 6.71. The molecule has 2 aromatic rings. The Morgan fingerprint density at radius 2 is 1.84 bits per heavy atom. The molecule has 25 heavy (non-hydrogen) atoms. The molecule has 0 radical (unpaired) electrons. The number of nitrogens with one attached hydrogen (secondary N) is 2. The lowest BCUT2D eigenvalue weighted by molar-refractivity contribution is 0.0944. The Hall–Kier alpha value is -2.78. The van der Waals surface area contributed by atoms with Gasteiger partial charge in [-0.25, -0.2) is 8.42 Å². The maximum Gasteiger partial charge on any atom is 0.266 e. The molecule has 0 spiro atoms. The minimum absolute atomic E-state index is 0.00180. The maximum atomic E-state index is 12.2. The molecule has 3 rings (SSSR count). The Morgan fingerprint density at radius 3 is 2.56 bits per heavy atom. The van der Waals surface area contributed by atoms with Crippen molar-refractivity contribution in [3.8, 4) is 17.2 Å². The van der Waals surface area contributed by atoms with E-state index in [0.29, 0.717) is 23.9 Å². The number of fused-ring (bicyclic) bond motifs is 1. The molecular formula is C16H16N2O6S. The summed E-state index contributed by atoms with van der Waals surface area (Å²) in [5, 5.41) is 0. The molecule has 8 nitrogen and oxygen atoms in total. The van der Waals surface area contributed by atoms with Gasteiger partial charge in [0, 0.05) is 5.56 Å². The van der Waals surface area contributed by atoms with Crippen molar-refractivity contribution in [3.63, 3.8) is 0 Å². The van der Waals surface area contributed by atoms with Crippen molar-refractivity contribution in [2.45, 2.75) is 11.8 Å². The molecule has 9 heteroatoms. The second-order valence-electron chi connectivity index (χ2n) is 5.03. The van der Waals surface area contributed by atoms with Crippen LogP contribution in [0.4, 0.5) is 0 Å². The van der Waals surface area contributed by atoms with Crippen LogP contribution in [0.5, 0.6) is 17.2 Å². The number of rotatable bonds is 6. The number of amides is 1. The zero-order valence-corrected chi connectivity index (χ0v) is 14.1. The quantitative estimate of drug-likeness (QED) is 0.752. The Morgan fingerprint density at radius 1 is 1.12 bits per heavy atom. The molecule has 2 aromatic carbocycles. The summed E-state index contributed by atoms with van der Waals surface area (Å²) in [4.78, 5) is 14.2. The van der Waals surface area contributed by atoms with E-state index in [1.165, 1.54) is 36.4 Å². The average molecular weight is 364 g/mol. The van der Waals surface area contributed by atoms with Gasteiger partial charge in [-0.3, -0.25) is 10.2 Å². The predicted molar refractivity (Wildman–Crippen MR) is 88.0 cm³/mol. The molecule has 0 bridgehead atoms. The fourth-order valence-corrected chi connectivity index (χ4v) is 3.00. The van der Waals surface area contributed by atoms with E-state index >= 15 is 0 Å². The van der Waals surface area contributed by atoms with Crippen molar-refractivity contribution in [2.75, 3.05) is 13.4 Å². The molecular weight excluding hydrogens is 348 g/mol. The SMILES string of the molecule is CCOc1ccc(S(=O)(=O)NNC(=O)c2ccc3c(c2)OCO3)cc1. The van der Waals surface area contributed by atoms with Gasteiger partial charge in [-0.05, 0) is 49.4 Å². The first-order valence-corrected chi connectivity index (χ1v) is 8.92. The summed E-state index contributed by atoms with van der Waals surface area (Å²) >= 11 is 0. The highest BCUT2D eigenvalue weighted by Gasteiger charge is 2.19. The first kappa shape index (κ1) is 17.1. The van der Waals surface area contributed by atoms with E-state index in [4.69, 9.17) is 14.2 Å². The van der Waals surface area contributed by atoms with Crippen molar-refractivity contribution in [2.24, 2.45) is 0 Å². The summed E-state index contributed by atoms with van der Waals surface area (Å²) in [6, 6.07) is 10.4. The largest absolute Gasteiger partial charge is 0.494 e. The molecule has 0 aromatic heterocycles. The average Bonchev–Trinajstić information content (AvgIpc) is 3.08. The highest BCUT2D eigenvalue weighted by molar-refractivity contribution is 7.89. The molecule has 0 fully saturated rings. The van der Waals surface area contributed by atoms with E-state index in [0.717, 1.165) is 0 Å². The van der Waals surface area contributed by atoms with Crippen LogP contribution in [0.25, 0.3) is 0 Å². The molecule has 0 saturated carbocycles. The topological polar surface area (TPSA) is 103 Å². The van der Waals surface area contributed by atoms with Crippen molar-refractivity contribution >= 4 is 15.9 Å². The van der Waals surface area contributed by atoms with Crippen LogP contribution >= 0.6 is 0 Å². The van der Waals surface area contributed by atoms with Gasteiger partial charge in [0.2, 0.25) is 6.79 Å². The van der Waals surface area contributed by atoms with Gasteiger partial charge in [0.05, 0.1) is 11.5 Å². The minimum Gasteiger partial charge on any atom is -0.494 e. The Balaban J connectivity index is 1.66. The lowest BCUT2D eigenvalue weighted by Crippen LogP contribution is -2.41. The summed E-state index contributed by atoms with van der Waals surface area (Å²) in [5.74, 6) is 0.909. The van der Waals surface area contributed by atoms with E-state index < -0.39 is 15.9 Å². The molecule has 1 amide bonds. The number of hydrogen-bond donors (Lipinski definition) is 2. The van der Waals surface area contributed by atoms with Crippen molar-refractivity contribution in [1.29, 1.82) is 0 Å². The van der Waals surface area contributed by atoms with Gasteiger partial charge in [0.25, 0.3) is 15.9 Å². The van der Waals surface area contributed by atoms with Gasteiger partial charge in [-0.1, -0.05) is 0 Å². The fraction of sp³-hybridized carbons (Fsp3) is 0.188. The fourth-order valence-electron chi connectivity index (χ4n) is 2.16. The minimum atomic E-state index is -3.90. The standard InChI is InChI=1S/C16H16N2O6S/c1-2-22-12-4-6-13(7-5-12)25(20,21)18-17-16(19)11-3-8-14-15(9-11)24-10-23-14/h3-9,18H,2,10H2,1H3,(H,17,19). The first-order chi connectivity index (χ1) is 12.0. The van der Waals surface area contributed by atoms with Crippen LogP contribution in [0.2, 0.25) is 0 Å². The van der Waals surface area contributed by atoms with Gasteiger partial charge >= 0.3 is 0 Å². The van der Waals surface area contributed by atoms with Crippen LogP contribution in [-0.4, -0.2) is 27.7 Å². The van der Waals surface area contributed by atoms with Crippen LogP contribution in [0.15, 0.2) is 47.4 Å². The summed E-state index contributed by atoms with van der Waals surface area (Å²) in [6.45, 7) is 2.40. The molecule has 0 aliphatic carbocycles. The summed E-state index contributed by atoms with van der Waals surface area (Å²) in [6.07, 6.45) is 0. The normalized spacial score (nSPS) is 12.7. The van der Waals surface area contributed by atoms with E-state index in [-0.39, 0.29) is 17.3 Å². The smallest absolute Gasteiger partial charge is 0.266 e. The van der Waals surface area contributed by atoms with Crippen LogP contribution in [0.1, 0.15) is 17.3 Å². The number of carbonyl (C=O) groups is 1. The zero-order chi connectivity index (χ0) is 17.9. The second kappa shape index (κ2) is 6.99. The van der Waals surface area contributed by atoms with Crippen LogP contribution in [0, 0.1) is 0 Å². The van der Waals surface area contributed by atoms with Gasteiger partial charge < -0.3 is 14.2 Å². The van der Waals surface area contributed by atoms with Crippen LogP contribution in [0.3, 0.4) is 0 Å². The summed E-state index contributed by atoms with van der Waals surface area (Å²) < 4.78 is 40.0.